The van der Waals surface area contributed by atoms with Crippen molar-refractivity contribution in [1.29, 1.82) is 0 Å². The van der Waals surface area contributed by atoms with Gasteiger partial charge in [0.05, 0.1) is 5.41 Å². The number of carbonyl (C=O) groups excluding carboxylic acids is 2. The van der Waals surface area contributed by atoms with Gasteiger partial charge in [-0.05, 0) is 36.6 Å². The lowest BCUT2D eigenvalue weighted by Crippen LogP contribution is -2.57. The van der Waals surface area contributed by atoms with E-state index >= 15 is 0 Å². The Bertz CT molecular complexity index is 902. The minimum absolute atomic E-state index is 0.0826. The first kappa shape index (κ1) is 20.7. The van der Waals surface area contributed by atoms with E-state index in [0.29, 0.717) is 39.0 Å². The number of piperazine rings is 1. The Kier molecular flexibility index (Phi) is 6.00. The largest absolute Gasteiger partial charge is 0.368 e. The first-order valence-corrected chi connectivity index (χ1v) is 11.0. The summed E-state index contributed by atoms with van der Waals surface area (Å²) in [6.07, 6.45) is 1.34. The summed E-state index contributed by atoms with van der Waals surface area (Å²) >= 11 is 6.15. The number of carbonyl (C=O) groups is 2. The van der Waals surface area contributed by atoms with E-state index in [9.17, 15) is 9.59 Å². The normalized spacial score (nSPS) is 18.9. The van der Waals surface area contributed by atoms with Gasteiger partial charge in [-0.15, -0.1) is 0 Å². The minimum Gasteiger partial charge on any atom is -0.368 e. The average molecular weight is 426 g/mol. The molecule has 5 nitrogen and oxygen atoms in total. The SMILES string of the molecule is CC(=O)N1CCC(C(=O)N2CCN(c3cccc(Cl)c3)CC2)(c2ccccc2)CC1. The quantitative estimate of drug-likeness (QED) is 0.755. The van der Waals surface area contributed by atoms with Crippen molar-refractivity contribution in [2.75, 3.05) is 44.2 Å². The molecule has 0 aromatic heterocycles. The number of piperidine rings is 1. The van der Waals surface area contributed by atoms with Crippen LogP contribution in [0.15, 0.2) is 54.6 Å². The Morgan fingerprint density at radius 1 is 0.833 bits per heavy atom. The van der Waals surface area contributed by atoms with E-state index in [4.69, 9.17) is 11.6 Å². The van der Waals surface area contributed by atoms with Crippen molar-refractivity contribution in [3.8, 4) is 0 Å². The second-order valence-electron chi connectivity index (χ2n) is 8.21. The van der Waals surface area contributed by atoms with Crippen molar-refractivity contribution in [3.63, 3.8) is 0 Å². The smallest absolute Gasteiger partial charge is 0.233 e. The maximum Gasteiger partial charge on any atom is 0.233 e. The highest BCUT2D eigenvalue weighted by Crippen LogP contribution is 2.38. The van der Waals surface area contributed by atoms with Crippen molar-refractivity contribution < 1.29 is 9.59 Å². The van der Waals surface area contributed by atoms with Gasteiger partial charge in [-0.25, -0.2) is 0 Å². The molecular formula is C24H28ClN3O2. The Balaban J connectivity index is 1.51. The lowest BCUT2D eigenvalue weighted by atomic mass is 9.71. The Morgan fingerprint density at radius 3 is 2.10 bits per heavy atom. The van der Waals surface area contributed by atoms with E-state index in [-0.39, 0.29) is 11.8 Å². The number of benzene rings is 2. The standard InChI is InChI=1S/C24H28ClN3O2/c1-19(29)26-12-10-24(11-13-26,20-6-3-2-4-7-20)23(30)28-16-14-27(15-17-28)22-9-5-8-21(25)18-22/h2-9,18H,10-17H2,1H3. The topological polar surface area (TPSA) is 43.9 Å². The maximum absolute atomic E-state index is 13.8. The summed E-state index contributed by atoms with van der Waals surface area (Å²) in [5, 5.41) is 0.728. The van der Waals surface area contributed by atoms with E-state index < -0.39 is 5.41 Å². The zero-order chi connectivity index (χ0) is 21.1. The number of rotatable bonds is 3. The predicted octanol–water partition coefficient (Wildman–Crippen LogP) is 3.57. The zero-order valence-electron chi connectivity index (χ0n) is 17.4. The average Bonchev–Trinajstić information content (AvgIpc) is 2.79. The molecule has 0 bridgehead atoms. The number of halogens is 1. The van der Waals surface area contributed by atoms with Crippen molar-refractivity contribution in [2.24, 2.45) is 0 Å². The molecule has 0 aliphatic carbocycles. The van der Waals surface area contributed by atoms with Gasteiger partial charge in [0.1, 0.15) is 0 Å². The monoisotopic (exact) mass is 425 g/mol. The third-order valence-corrected chi connectivity index (χ3v) is 6.77. The summed E-state index contributed by atoms with van der Waals surface area (Å²) in [6, 6.07) is 18.0. The molecule has 0 atom stereocenters. The van der Waals surface area contributed by atoms with E-state index in [1.165, 1.54) is 0 Å². The molecule has 2 aromatic carbocycles. The lowest BCUT2D eigenvalue weighted by molar-refractivity contribution is -0.142. The third-order valence-electron chi connectivity index (χ3n) is 6.54. The van der Waals surface area contributed by atoms with Gasteiger partial charge in [0.2, 0.25) is 11.8 Å². The second-order valence-corrected chi connectivity index (χ2v) is 8.65. The van der Waals surface area contributed by atoms with Gasteiger partial charge in [-0.2, -0.15) is 0 Å². The summed E-state index contributed by atoms with van der Waals surface area (Å²) in [5.74, 6) is 0.280. The number of amides is 2. The van der Waals surface area contributed by atoms with Crippen molar-refractivity contribution in [3.05, 3.63) is 65.2 Å². The summed E-state index contributed by atoms with van der Waals surface area (Å²) < 4.78 is 0. The first-order chi connectivity index (χ1) is 14.5. The molecule has 2 aliphatic heterocycles. The Labute approximate surface area is 183 Å². The minimum atomic E-state index is -0.550. The van der Waals surface area contributed by atoms with Gasteiger partial charge in [0.15, 0.2) is 0 Å². The molecule has 0 spiro atoms. The zero-order valence-corrected chi connectivity index (χ0v) is 18.1. The van der Waals surface area contributed by atoms with Crippen molar-refractivity contribution in [2.45, 2.75) is 25.2 Å². The molecule has 2 aromatic rings. The van der Waals surface area contributed by atoms with E-state index in [1.807, 2.05) is 46.2 Å². The lowest BCUT2D eigenvalue weighted by Gasteiger charge is -2.45. The third kappa shape index (κ3) is 4.04. The van der Waals surface area contributed by atoms with Crippen LogP contribution in [0.2, 0.25) is 5.02 Å². The maximum atomic E-state index is 13.8. The van der Waals surface area contributed by atoms with Crippen LogP contribution in [0.1, 0.15) is 25.3 Å². The van der Waals surface area contributed by atoms with Crippen LogP contribution in [-0.4, -0.2) is 60.9 Å². The fraction of sp³-hybridized carbons (Fsp3) is 0.417. The predicted molar refractivity (Wildman–Crippen MR) is 120 cm³/mol. The van der Waals surface area contributed by atoms with Gasteiger partial charge in [-0.1, -0.05) is 48.0 Å². The number of anilines is 1. The molecule has 4 rings (SSSR count). The molecule has 158 valence electrons. The van der Waals surface area contributed by atoms with Gasteiger partial charge in [0, 0.05) is 56.9 Å². The van der Waals surface area contributed by atoms with Crippen LogP contribution < -0.4 is 4.90 Å². The van der Waals surface area contributed by atoms with Gasteiger partial charge in [0.25, 0.3) is 0 Å². The number of hydrogen-bond acceptors (Lipinski definition) is 3. The van der Waals surface area contributed by atoms with Crippen LogP contribution in [0.5, 0.6) is 0 Å². The number of nitrogens with zero attached hydrogens (tertiary/aromatic N) is 3. The van der Waals surface area contributed by atoms with Crippen molar-refractivity contribution in [1.82, 2.24) is 9.80 Å². The molecule has 0 radical (unpaired) electrons. The van der Waals surface area contributed by atoms with Crippen LogP contribution in [0.3, 0.4) is 0 Å². The highest BCUT2D eigenvalue weighted by atomic mass is 35.5. The second kappa shape index (κ2) is 8.68. The molecule has 2 heterocycles. The molecule has 0 saturated carbocycles. The van der Waals surface area contributed by atoms with Crippen LogP contribution in [0, 0.1) is 0 Å². The first-order valence-electron chi connectivity index (χ1n) is 10.6. The highest BCUT2D eigenvalue weighted by Gasteiger charge is 2.45. The van der Waals surface area contributed by atoms with Gasteiger partial charge >= 0.3 is 0 Å². The molecule has 0 unspecified atom stereocenters. The van der Waals surface area contributed by atoms with Crippen LogP contribution in [0.25, 0.3) is 0 Å². The molecule has 6 heteroatoms. The molecule has 2 fully saturated rings. The number of hydrogen-bond donors (Lipinski definition) is 0. The van der Waals surface area contributed by atoms with E-state index in [2.05, 4.69) is 23.1 Å². The summed E-state index contributed by atoms with van der Waals surface area (Å²) in [6.45, 7) is 5.81. The van der Waals surface area contributed by atoms with Crippen LogP contribution in [0.4, 0.5) is 5.69 Å². The number of likely N-dealkylation sites (tertiary alicyclic amines) is 1. The van der Waals surface area contributed by atoms with E-state index in [0.717, 1.165) is 29.4 Å². The fourth-order valence-corrected chi connectivity index (χ4v) is 4.91. The Morgan fingerprint density at radius 2 is 1.50 bits per heavy atom. The summed E-state index contributed by atoms with van der Waals surface area (Å²) in [7, 11) is 0. The molecule has 0 N–H and O–H groups in total. The van der Waals surface area contributed by atoms with Gasteiger partial charge in [-0.3, -0.25) is 9.59 Å². The fourth-order valence-electron chi connectivity index (χ4n) is 4.73. The van der Waals surface area contributed by atoms with Crippen LogP contribution in [-0.2, 0) is 15.0 Å². The van der Waals surface area contributed by atoms with E-state index in [1.54, 1.807) is 6.92 Å². The summed E-state index contributed by atoms with van der Waals surface area (Å²) in [4.78, 5) is 31.8. The van der Waals surface area contributed by atoms with Gasteiger partial charge < -0.3 is 14.7 Å². The highest BCUT2D eigenvalue weighted by molar-refractivity contribution is 6.30. The molecule has 2 amide bonds. The van der Waals surface area contributed by atoms with Crippen molar-refractivity contribution >= 4 is 29.1 Å². The van der Waals surface area contributed by atoms with Crippen LogP contribution >= 0.6 is 11.6 Å². The molecular weight excluding hydrogens is 398 g/mol. The Hall–Kier alpha value is -2.53. The summed E-state index contributed by atoms with van der Waals surface area (Å²) in [5.41, 5.74) is 1.61. The molecule has 2 saturated heterocycles. The molecule has 30 heavy (non-hydrogen) atoms. The molecule has 2 aliphatic rings.